The summed E-state index contributed by atoms with van der Waals surface area (Å²) in [6.45, 7) is 1.84. The molecule has 1 rings (SSSR count). The minimum absolute atomic E-state index is 0.134. The van der Waals surface area contributed by atoms with Gasteiger partial charge in [0.2, 0.25) is 0 Å². The molecule has 0 aliphatic rings. The van der Waals surface area contributed by atoms with Crippen LogP contribution in [0.5, 0.6) is 5.75 Å². The molecule has 0 aliphatic carbocycles. The van der Waals surface area contributed by atoms with Gasteiger partial charge in [-0.15, -0.1) is 0 Å². The highest BCUT2D eigenvalue weighted by Gasteiger charge is 2.05. The lowest BCUT2D eigenvalue weighted by Crippen LogP contribution is -2.14. The molecule has 6 heteroatoms. The largest absolute Gasteiger partial charge is 0.482 e. The summed E-state index contributed by atoms with van der Waals surface area (Å²) in [4.78, 5) is 22.0. The fraction of sp³-hybridized carbons (Fsp3) is 0.214. The van der Waals surface area contributed by atoms with E-state index >= 15 is 0 Å². The van der Waals surface area contributed by atoms with Crippen molar-refractivity contribution in [3.05, 3.63) is 35.4 Å². The van der Waals surface area contributed by atoms with E-state index in [9.17, 15) is 9.59 Å². The van der Waals surface area contributed by atoms with Crippen molar-refractivity contribution in [2.24, 2.45) is 5.73 Å². The van der Waals surface area contributed by atoms with Crippen molar-refractivity contribution in [2.45, 2.75) is 6.92 Å². The summed E-state index contributed by atoms with van der Waals surface area (Å²) in [5.41, 5.74) is 5.52. The number of primary amides is 1. The molecule has 0 heterocycles. The minimum Gasteiger partial charge on any atom is -0.482 e. The van der Waals surface area contributed by atoms with E-state index in [1.54, 1.807) is 37.3 Å². The van der Waals surface area contributed by atoms with Crippen LogP contribution in [0.2, 0.25) is 0 Å². The molecule has 2 N–H and O–H groups in total. The summed E-state index contributed by atoms with van der Waals surface area (Å²) < 4.78 is 9.92. The molecule has 0 aliphatic heterocycles. The highest BCUT2D eigenvalue weighted by atomic mass is 16.6. The Morgan fingerprint density at radius 3 is 2.50 bits per heavy atom. The zero-order valence-electron chi connectivity index (χ0n) is 11.0. The Bertz CT molecular complexity index is 556. The molecule has 0 radical (unpaired) electrons. The second-order valence-corrected chi connectivity index (χ2v) is 3.70. The van der Waals surface area contributed by atoms with Gasteiger partial charge in [-0.1, -0.05) is 12.1 Å². The third-order valence-electron chi connectivity index (χ3n) is 2.24. The maximum Gasteiger partial charge on any atom is 0.344 e. The molecular weight excluding hydrogens is 260 g/mol. The first-order valence-corrected chi connectivity index (χ1v) is 5.87. The van der Waals surface area contributed by atoms with Crippen molar-refractivity contribution in [1.29, 1.82) is 5.26 Å². The van der Waals surface area contributed by atoms with E-state index < -0.39 is 11.9 Å². The lowest BCUT2D eigenvalue weighted by atomic mass is 10.1. The molecule has 1 amide bonds. The van der Waals surface area contributed by atoms with Crippen molar-refractivity contribution in [2.75, 3.05) is 13.2 Å². The number of hydrogen-bond donors (Lipinski definition) is 1. The molecule has 1 aromatic rings. The van der Waals surface area contributed by atoms with Crippen LogP contribution < -0.4 is 10.5 Å². The third-order valence-corrected chi connectivity index (χ3v) is 2.24. The first kappa shape index (κ1) is 15.2. The van der Waals surface area contributed by atoms with Crippen LogP contribution in [-0.2, 0) is 14.3 Å². The molecule has 20 heavy (non-hydrogen) atoms. The molecule has 0 fully saturated rings. The van der Waals surface area contributed by atoms with Crippen LogP contribution in [0.3, 0.4) is 0 Å². The lowest BCUT2D eigenvalue weighted by Gasteiger charge is -2.05. The fourth-order valence-corrected chi connectivity index (χ4v) is 1.33. The number of carbonyl (C=O) groups excluding carboxylic acids is 2. The van der Waals surface area contributed by atoms with Gasteiger partial charge in [0, 0.05) is 0 Å². The van der Waals surface area contributed by atoms with Gasteiger partial charge in [0.1, 0.15) is 17.4 Å². The summed E-state index contributed by atoms with van der Waals surface area (Å²) in [7, 11) is 0. The van der Waals surface area contributed by atoms with Gasteiger partial charge in [-0.25, -0.2) is 4.79 Å². The number of hydrogen-bond acceptors (Lipinski definition) is 5. The maximum atomic E-state index is 11.1. The number of nitrogens with two attached hydrogens (primary N) is 1. The molecule has 0 saturated heterocycles. The number of rotatable bonds is 6. The van der Waals surface area contributed by atoms with Gasteiger partial charge in [-0.05, 0) is 30.7 Å². The van der Waals surface area contributed by atoms with E-state index in [1.165, 1.54) is 6.08 Å². The summed E-state index contributed by atoms with van der Waals surface area (Å²) >= 11 is 0. The molecule has 0 atom stereocenters. The van der Waals surface area contributed by atoms with Crippen LogP contribution in [0.4, 0.5) is 0 Å². The number of ether oxygens (including phenoxy) is 2. The van der Waals surface area contributed by atoms with Crippen LogP contribution >= 0.6 is 0 Å². The first-order valence-electron chi connectivity index (χ1n) is 5.87. The smallest absolute Gasteiger partial charge is 0.344 e. The van der Waals surface area contributed by atoms with Crippen LogP contribution in [-0.4, -0.2) is 25.1 Å². The molecule has 0 aromatic heterocycles. The summed E-state index contributed by atoms with van der Waals surface area (Å²) in [6.07, 6.45) is 1.37. The SMILES string of the molecule is CCOC(=O)COc1ccc(/C=C(\C#N)C(N)=O)cc1. The Morgan fingerprint density at radius 2 is 2.00 bits per heavy atom. The maximum absolute atomic E-state index is 11.1. The topological polar surface area (TPSA) is 102 Å². The zero-order chi connectivity index (χ0) is 15.0. The van der Waals surface area contributed by atoms with Gasteiger partial charge in [-0.2, -0.15) is 5.26 Å². The Kier molecular flexibility index (Phi) is 5.78. The molecule has 0 unspecified atom stereocenters. The van der Waals surface area contributed by atoms with Crippen molar-refractivity contribution in [3.8, 4) is 11.8 Å². The van der Waals surface area contributed by atoms with Gasteiger partial charge >= 0.3 is 5.97 Å². The summed E-state index contributed by atoms with van der Waals surface area (Å²) in [5.74, 6) is -0.750. The average Bonchev–Trinajstić information content (AvgIpc) is 2.43. The standard InChI is InChI=1S/C14H14N2O4/c1-2-19-13(17)9-20-12-5-3-10(4-6-12)7-11(8-15)14(16)18/h3-7H,2,9H2,1H3,(H2,16,18)/b11-7+. The average molecular weight is 274 g/mol. The first-order chi connectivity index (χ1) is 9.56. The number of esters is 1. The molecular formula is C14H14N2O4. The number of nitriles is 1. The van der Waals surface area contributed by atoms with Crippen molar-refractivity contribution < 1.29 is 19.1 Å². The number of benzene rings is 1. The van der Waals surface area contributed by atoms with Gasteiger partial charge in [0.15, 0.2) is 6.61 Å². The van der Waals surface area contributed by atoms with Crippen molar-refractivity contribution in [3.63, 3.8) is 0 Å². The Morgan fingerprint density at radius 1 is 1.35 bits per heavy atom. The Hall–Kier alpha value is -2.81. The normalized spacial score (nSPS) is 10.5. The molecule has 6 nitrogen and oxygen atoms in total. The van der Waals surface area contributed by atoms with Crippen molar-refractivity contribution >= 4 is 18.0 Å². The van der Waals surface area contributed by atoms with E-state index in [-0.39, 0.29) is 12.2 Å². The van der Waals surface area contributed by atoms with Gasteiger partial charge < -0.3 is 15.2 Å². The number of carbonyl (C=O) groups is 2. The van der Waals surface area contributed by atoms with Crippen LogP contribution in [0.1, 0.15) is 12.5 Å². The third kappa shape index (κ3) is 4.82. The highest BCUT2D eigenvalue weighted by Crippen LogP contribution is 2.14. The summed E-state index contributed by atoms with van der Waals surface area (Å²) in [6, 6.07) is 8.22. The van der Waals surface area contributed by atoms with E-state index in [2.05, 4.69) is 0 Å². The molecule has 1 aromatic carbocycles. The predicted molar refractivity (Wildman–Crippen MR) is 71.4 cm³/mol. The Labute approximate surface area is 116 Å². The Balaban J connectivity index is 2.68. The summed E-state index contributed by atoms with van der Waals surface area (Å²) in [5, 5.41) is 8.71. The van der Waals surface area contributed by atoms with E-state index in [4.69, 9.17) is 20.5 Å². The number of nitrogens with zero attached hydrogens (tertiary/aromatic N) is 1. The van der Waals surface area contributed by atoms with Gasteiger partial charge in [0.05, 0.1) is 6.61 Å². The molecule has 0 saturated carbocycles. The number of amides is 1. The van der Waals surface area contributed by atoms with Gasteiger partial charge in [-0.3, -0.25) is 4.79 Å². The second-order valence-electron chi connectivity index (χ2n) is 3.70. The second kappa shape index (κ2) is 7.59. The fourth-order valence-electron chi connectivity index (χ4n) is 1.33. The van der Waals surface area contributed by atoms with E-state index in [0.29, 0.717) is 17.9 Å². The van der Waals surface area contributed by atoms with Crippen LogP contribution in [0, 0.1) is 11.3 Å². The molecule has 104 valence electrons. The minimum atomic E-state index is -0.782. The monoisotopic (exact) mass is 274 g/mol. The quantitative estimate of drug-likeness (QED) is 0.474. The van der Waals surface area contributed by atoms with E-state index in [1.807, 2.05) is 0 Å². The van der Waals surface area contributed by atoms with Crippen molar-refractivity contribution in [1.82, 2.24) is 0 Å². The van der Waals surface area contributed by atoms with Crippen LogP contribution in [0.25, 0.3) is 6.08 Å². The lowest BCUT2D eigenvalue weighted by molar-refractivity contribution is -0.145. The van der Waals surface area contributed by atoms with Gasteiger partial charge in [0.25, 0.3) is 5.91 Å². The molecule has 0 bridgehead atoms. The van der Waals surface area contributed by atoms with Crippen LogP contribution in [0.15, 0.2) is 29.8 Å². The predicted octanol–water partition coefficient (Wildman–Crippen LogP) is 1.02. The van der Waals surface area contributed by atoms with E-state index in [0.717, 1.165) is 0 Å². The molecule has 0 spiro atoms. The zero-order valence-corrected chi connectivity index (χ0v) is 11.0. The highest BCUT2D eigenvalue weighted by molar-refractivity contribution is 6.00.